The molecule has 28 heavy (non-hydrogen) atoms. The Kier molecular flexibility index (Phi) is 6.76. The maximum Gasteiger partial charge on any atom is 0.160 e. The SMILES string of the molecule is COc1ccc(N[C@H](c2cccnc2)[C@@H](OCc2ccccc2)C(C)=O)cc1. The van der Waals surface area contributed by atoms with E-state index in [-0.39, 0.29) is 11.8 Å². The summed E-state index contributed by atoms with van der Waals surface area (Å²) in [6.07, 6.45) is 2.80. The molecule has 5 nitrogen and oxygen atoms in total. The second kappa shape index (κ2) is 9.67. The van der Waals surface area contributed by atoms with E-state index in [1.165, 1.54) is 0 Å². The van der Waals surface area contributed by atoms with Crippen molar-refractivity contribution in [2.24, 2.45) is 0 Å². The molecule has 2 aromatic carbocycles. The van der Waals surface area contributed by atoms with E-state index in [1.807, 2.05) is 66.7 Å². The number of nitrogens with one attached hydrogen (secondary N) is 1. The van der Waals surface area contributed by atoms with Crippen LogP contribution in [0.2, 0.25) is 0 Å². The number of ketones is 1. The van der Waals surface area contributed by atoms with E-state index >= 15 is 0 Å². The molecule has 0 aliphatic heterocycles. The number of aromatic nitrogens is 1. The second-order valence-corrected chi connectivity index (χ2v) is 6.46. The van der Waals surface area contributed by atoms with E-state index in [1.54, 1.807) is 26.4 Å². The Hall–Kier alpha value is -3.18. The molecule has 1 heterocycles. The van der Waals surface area contributed by atoms with Gasteiger partial charge in [0.1, 0.15) is 11.9 Å². The van der Waals surface area contributed by atoms with Crippen LogP contribution in [0, 0.1) is 0 Å². The molecule has 1 N–H and O–H groups in total. The number of carbonyl (C=O) groups is 1. The van der Waals surface area contributed by atoms with Gasteiger partial charge < -0.3 is 14.8 Å². The van der Waals surface area contributed by atoms with Crippen molar-refractivity contribution >= 4 is 11.5 Å². The summed E-state index contributed by atoms with van der Waals surface area (Å²) in [6.45, 7) is 1.90. The molecule has 0 radical (unpaired) electrons. The van der Waals surface area contributed by atoms with Crippen LogP contribution in [0.15, 0.2) is 79.1 Å². The zero-order valence-corrected chi connectivity index (χ0v) is 16.0. The number of pyridine rings is 1. The number of anilines is 1. The molecule has 0 aliphatic rings. The Morgan fingerprint density at radius 2 is 1.79 bits per heavy atom. The van der Waals surface area contributed by atoms with Crippen LogP contribution < -0.4 is 10.1 Å². The lowest BCUT2D eigenvalue weighted by atomic mass is 9.99. The van der Waals surface area contributed by atoms with Crippen LogP contribution in [-0.2, 0) is 16.1 Å². The molecule has 5 heteroatoms. The number of methoxy groups -OCH3 is 1. The summed E-state index contributed by atoms with van der Waals surface area (Å²) in [5.74, 6) is 0.720. The van der Waals surface area contributed by atoms with Crippen molar-refractivity contribution in [2.75, 3.05) is 12.4 Å². The molecule has 0 aliphatic carbocycles. The summed E-state index contributed by atoms with van der Waals surface area (Å²) >= 11 is 0. The van der Waals surface area contributed by atoms with Crippen molar-refractivity contribution in [1.29, 1.82) is 0 Å². The Balaban J connectivity index is 1.85. The monoisotopic (exact) mass is 376 g/mol. The van der Waals surface area contributed by atoms with Gasteiger partial charge in [-0.3, -0.25) is 9.78 Å². The smallest absolute Gasteiger partial charge is 0.160 e. The third-order valence-electron chi connectivity index (χ3n) is 4.43. The van der Waals surface area contributed by atoms with E-state index in [0.717, 1.165) is 22.6 Å². The van der Waals surface area contributed by atoms with Crippen molar-refractivity contribution in [3.63, 3.8) is 0 Å². The van der Waals surface area contributed by atoms with Crippen LogP contribution >= 0.6 is 0 Å². The van der Waals surface area contributed by atoms with Crippen molar-refractivity contribution in [3.8, 4) is 5.75 Å². The molecule has 1 aromatic heterocycles. The zero-order chi connectivity index (χ0) is 19.8. The quantitative estimate of drug-likeness (QED) is 0.599. The van der Waals surface area contributed by atoms with Crippen molar-refractivity contribution in [2.45, 2.75) is 25.7 Å². The van der Waals surface area contributed by atoms with E-state index in [0.29, 0.717) is 6.61 Å². The molecule has 0 unspecified atom stereocenters. The topological polar surface area (TPSA) is 60.4 Å². The Bertz CT molecular complexity index is 867. The lowest BCUT2D eigenvalue weighted by Gasteiger charge is -2.27. The number of nitrogens with zero attached hydrogens (tertiary/aromatic N) is 1. The fourth-order valence-corrected chi connectivity index (χ4v) is 2.97. The molecular weight excluding hydrogens is 352 g/mol. The van der Waals surface area contributed by atoms with Gasteiger partial charge in [0, 0.05) is 18.1 Å². The molecule has 3 aromatic rings. The first-order valence-electron chi connectivity index (χ1n) is 9.14. The predicted octanol–water partition coefficient (Wildman–Crippen LogP) is 4.42. The zero-order valence-electron chi connectivity index (χ0n) is 16.0. The molecule has 0 saturated heterocycles. The van der Waals surface area contributed by atoms with E-state index in [9.17, 15) is 4.79 Å². The molecule has 0 bridgehead atoms. The summed E-state index contributed by atoms with van der Waals surface area (Å²) in [5.41, 5.74) is 2.76. The first-order chi connectivity index (χ1) is 13.7. The van der Waals surface area contributed by atoms with Crippen molar-refractivity contribution in [1.82, 2.24) is 4.98 Å². The number of rotatable bonds is 9. The molecular formula is C23H24N2O3. The van der Waals surface area contributed by atoms with Crippen LogP contribution in [0.1, 0.15) is 24.1 Å². The summed E-state index contributed by atoms with van der Waals surface area (Å²) in [6, 6.07) is 20.8. The van der Waals surface area contributed by atoms with Gasteiger partial charge in [0.05, 0.1) is 19.8 Å². The van der Waals surface area contributed by atoms with Crippen LogP contribution in [0.25, 0.3) is 0 Å². The lowest BCUT2D eigenvalue weighted by Crippen LogP contribution is -2.34. The van der Waals surface area contributed by atoms with Gasteiger partial charge in [-0.25, -0.2) is 0 Å². The normalized spacial score (nSPS) is 12.8. The first-order valence-corrected chi connectivity index (χ1v) is 9.14. The minimum absolute atomic E-state index is 0.0502. The number of Topliss-reactive ketones (excluding diaryl/α,β-unsaturated/α-hetero) is 1. The third kappa shape index (κ3) is 5.18. The van der Waals surface area contributed by atoms with E-state index < -0.39 is 6.10 Å². The highest BCUT2D eigenvalue weighted by Crippen LogP contribution is 2.27. The standard InChI is InChI=1S/C23H24N2O3/c1-17(26)23(28-16-18-7-4-3-5-8-18)22(19-9-6-14-24-15-19)25-20-10-12-21(27-2)13-11-20/h3-15,22-23,25H,16H2,1-2H3/t22-,23+/m1/s1. The van der Waals surface area contributed by atoms with Gasteiger partial charge in [-0.05, 0) is 48.4 Å². The van der Waals surface area contributed by atoms with Gasteiger partial charge in [-0.2, -0.15) is 0 Å². The Morgan fingerprint density at radius 3 is 2.39 bits per heavy atom. The number of ether oxygens (including phenoxy) is 2. The predicted molar refractivity (Wildman–Crippen MR) is 109 cm³/mol. The summed E-state index contributed by atoms with van der Waals surface area (Å²) < 4.78 is 11.3. The summed E-state index contributed by atoms with van der Waals surface area (Å²) in [7, 11) is 1.63. The van der Waals surface area contributed by atoms with Crippen LogP contribution in [0.3, 0.4) is 0 Å². The second-order valence-electron chi connectivity index (χ2n) is 6.46. The third-order valence-corrected chi connectivity index (χ3v) is 4.43. The minimum atomic E-state index is -0.661. The highest BCUT2D eigenvalue weighted by molar-refractivity contribution is 5.82. The van der Waals surface area contributed by atoms with Crippen molar-refractivity contribution in [3.05, 3.63) is 90.3 Å². The summed E-state index contributed by atoms with van der Waals surface area (Å²) in [4.78, 5) is 16.7. The molecule has 0 fully saturated rings. The average molecular weight is 376 g/mol. The largest absolute Gasteiger partial charge is 0.497 e. The molecule has 144 valence electrons. The molecule has 0 saturated carbocycles. The lowest BCUT2D eigenvalue weighted by molar-refractivity contribution is -0.130. The van der Waals surface area contributed by atoms with Crippen molar-refractivity contribution < 1.29 is 14.3 Å². The molecule has 0 spiro atoms. The van der Waals surface area contributed by atoms with E-state index in [4.69, 9.17) is 9.47 Å². The number of hydrogen-bond acceptors (Lipinski definition) is 5. The average Bonchev–Trinajstić information content (AvgIpc) is 2.74. The van der Waals surface area contributed by atoms with Gasteiger partial charge in [0.15, 0.2) is 5.78 Å². The molecule has 0 amide bonds. The van der Waals surface area contributed by atoms with Gasteiger partial charge in [0.25, 0.3) is 0 Å². The molecule has 2 atom stereocenters. The number of benzene rings is 2. The molecule has 3 rings (SSSR count). The highest BCUT2D eigenvalue weighted by Gasteiger charge is 2.28. The van der Waals surface area contributed by atoms with Gasteiger partial charge in [-0.15, -0.1) is 0 Å². The van der Waals surface area contributed by atoms with Crippen LogP contribution in [0.5, 0.6) is 5.75 Å². The highest BCUT2D eigenvalue weighted by atomic mass is 16.5. The number of carbonyl (C=O) groups excluding carboxylic acids is 1. The van der Waals surface area contributed by atoms with Gasteiger partial charge >= 0.3 is 0 Å². The maximum absolute atomic E-state index is 12.5. The maximum atomic E-state index is 12.5. The fourth-order valence-electron chi connectivity index (χ4n) is 2.97. The van der Waals surface area contributed by atoms with Crippen LogP contribution in [0.4, 0.5) is 5.69 Å². The summed E-state index contributed by atoms with van der Waals surface area (Å²) in [5, 5.41) is 3.42. The Morgan fingerprint density at radius 1 is 1.04 bits per heavy atom. The fraction of sp³-hybridized carbons (Fsp3) is 0.217. The van der Waals surface area contributed by atoms with E-state index in [2.05, 4.69) is 10.3 Å². The van der Waals surface area contributed by atoms with Gasteiger partial charge in [0.2, 0.25) is 0 Å². The first kappa shape index (κ1) is 19.6. The minimum Gasteiger partial charge on any atom is -0.497 e. The van der Waals surface area contributed by atoms with Crippen LogP contribution in [-0.4, -0.2) is 24.0 Å². The Labute approximate surface area is 165 Å². The number of hydrogen-bond donors (Lipinski definition) is 1. The van der Waals surface area contributed by atoms with Gasteiger partial charge in [-0.1, -0.05) is 36.4 Å².